The molecule has 2 heterocycles. The molecule has 8 rings (SSSR count). The van der Waals surface area contributed by atoms with E-state index in [-0.39, 0.29) is 0 Å². The number of aromatic nitrogens is 2. The van der Waals surface area contributed by atoms with Gasteiger partial charge in [0.1, 0.15) is 5.82 Å². The molecule has 188 valence electrons. The predicted octanol–water partition coefficient (Wildman–Crippen LogP) is 10.4. The Bertz CT molecular complexity index is 2150. The van der Waals surface area contributed by atoms with Crippen molar-refractivity contribution in [1.29, 1.82) is 0 Å². The summed E-state index contributed by atoms with van der Waals surface area (Å²) >= 11 is 1.78. The first-order valence-corrected chi connectivity index (χ1v) is 14.3. The molecular formula is C37H24N2S. The van der Waals surface area contributed by atoms with Gasteiger partial charge in [0, 0.05) is 26.7 Å². The van der Waals surface area contributed by atoms with Gasteiger partial charge in [0.25, 0.3) is 0 Å². The zero-order chi connectivity index (χ0) is 26.5. The molecule has 0 unspecified atom stereocenters. The highest BCUT2D eigenvalue weighted by Crippen LogP contribution is 2.39. The van der Waals surface area contributed by atoms with E-state index >= 15 is 0 Å². The van der Waals surface area contributed by atoms with E-state index in [0.29, 0.717) is 0 Å². The van der Waals surface area contributed by atoms with Crippen LogP contribution in [0.1, 0.15) is 0 Å². The number of nitrogens with zero attached hydrogens (tertiary/aromatic N) is 2. The molecular weight excluding hydrogens is 504 g/mol. The Kier molecular flexibility index (Phi) is 5.35. The Morgan fingerprint density at radius 2 is 1.20 bits per heavy atom. The molecule has 0 aliphatic rings. The molecule has 2 nitrogen and oxygen atoms in total. The Hall–Kier alpha value is -4.99. The fourth-order valence-electron chi connectivity index (χ4n) is 5.65. The number of hydrogen-bond donors (Lipinski definition) is 0. The third-order valence-corrected chi connectivity index (χ3v) is 8.65. The minimum atomic E-state index is 0.968. The van der Waals surface area contributed by atoms with Gasteiger partial charge in [0.15, 0.2) is 0 Å². The van der Waals surface area contributed by atoms with Crippen molar-refractivity contribution in [2.45, 2.75) is 0 Å². The second-order valence-corrected chi connectivity index (χ2v) is 11.0. The van der Waals surface area contributed by atoms with Crippen molar-refractivity contribution < 1.29 is 0 Å². The Morgan fingerprint density at radius 3 is 2.08 bits per heavy atom. The normalized spacial score (nSPS) is 11.5. The predicted molar refractivity (Wildman–Crippen MR) is 170 cm³/mol. The molecule has 0 aliphatic heterocycles. The zero-order valence-electron chi connectivity index (χ0n) is 21.7. The van der Waals surface area contributed by atoms with Gasteiger partial charge in [-0.25, -0.2) is 4.98 Å². The van der Waals surface area contributed by atoms with E-state index in [1.165, 1.54) is 43.1 Å². The molecule has 8 aromatic rings. The molecule has 0 saturated heterocycles. The molecule has 0 N–H and O–H groups in total. The van der Waals surface area contributed by atoms with Crippen LogP contribution >= 0.6 is 11.3 Å². The molecule has 0 spiro atoms. The minimum Gasteiger partial charge on any atom is -0.292 e. The summed E-state index contributed by atoms with van der Waals surface area (Å²) in [6.45, 7) is 0. The van der Waals surface area contributed by atoms with Gasteiger partial charge in [-0.3, -0.25) is 4.57 Å². The van der Waals surface area contributed by atoms with E-state index in [2.05, 4.69) is 149 Å². The third-order valence-electron chi connectivity index (χ3n) is 7.69. The fourth-order valence-corrected chi connectivity index (χ4v) is 6.57. The van der Waals surface area contributed by atoms with Gasteiger partial charge in [0.05, 0.1) is 11.0 Å². The number of thiophene rings is 1. The quantitative estimate of drug-likeness (QED) is 0.222. The van der Waals surface area contributed by atoms with Crippen LogP contribution in [0.2, 0.25) is 0 Å². The van der Waals surface area contributed by atoms with Gasteiger partial charge >= 0.3 is 0 Å². The highest BCUT2D eigenvalue weighted by atomic mass is 32.1. The maximum Gasteiger partial charge on any atom is 0.147 e. The van der Waals surface area contributed by atoms with Gasteiger partial charge < -0.3 is 0 Å². The van der Waals surface area contributed by atoms with Crippen molar-refractivity contribution >= 4 is 43.2 Å². The number of para-hydroxylation sites is 2. The SMILES string of the molecule is c1ccc(-c2ccc(-n3c(-c4csc5ccc(-c6ccc7ccccc7c6)cc45)nc4ccccc43)cc2)cc1. The summed E-state index contributed by atoms with van der Waals surface area (Å²) in [5, 5.41) is 6.00. The van der Waals surface area contributed by atoms with Gasteiger partial charge in [-0.05, 0) is 75.5 Å². The smallest absolute Gasteiger partial charge is 0.147 e. The van der Waals surface area contributed by atoms with Crippen LogP contribution in [-0.2, 0) is 0 Å². The van der Waals surface area contributed by atoms with E-state index in [0.717, 1.165) is 28.1 Å². The summed E-state index contributed by atoms with van der Waals surface area (Å²) in [6, 6.07) is 49.8. The molecule has 3 heteroatoms. The maximum atomic E-state index is 5.18. The number of rotatable bonds is 4. The first kappa shape index (κ1) is 22.9. The van der Waals surface area contributed by atoms with Gasteiger partial charge in [-0.15, -0.1) is 11.3 Å². The largest absolute Gasteiger partial charge is 0.292 e. The van der Waals surface area contributed by atoms with Crippen LogP contribution < -0.4 is 0 Å². The first-order chi connectivity index (χ1) is 19.8. The summed E-state index contributed by atoms with van der Waals surface area (Å²) < 4.78 is 3.56. The van der Waals surface area contributed by atoms with Crippen LogP contribution in [0.25, 0.3) is 71.2 Å². The van der Waals surface area contributed by atoms with Crippen LogP contribution in [0.5, 0.6) is 0 Å². The van der Waals surface area contributed by atoms with Crippen LogP contribution in [0.15, 0.2) is 145 Å². The van der Waals surface area contributed by atoms with Gasteiger partial charge in [-0.2, -0.15) is 0 Å². The minimum absolute atomic E-state index is 0.968. The molecule has 0 fully saturated rings. The Balaban J connectivity index is 1.29. The van der Waals surface area contributed by atoms with Crippen molar-refractivity contribution in [3.05, 3.63) is 145 Å². The van der Waals surface area contributed by atoms with Crippen molar-refractivity contribution in [3.63, 3.8) is 0 Å². The molecule has 0 bridgehead atoms. The van der Waals surface area contributed by atoms with Crippen molar-refractivity contribution in [1.82, 2.24) is 9.55 Å². The van der Waals surface area contributed by atoms with Crippen LogP contribution in [0, 0.1) is 0 Å². The summed E-state index contributed by atoms with van der Waals surface area (Å²) in [5.41, 5.74) is 9.23. The Labute approximate surface area is 236 Å². The van der Waals surface area contributed by atoms with Crippen molar-refractivity contribution in [2.75, 3.05) is 0 Å². The lowest BCUT2D eigenvalue weighted by Crippen LogP contribution is -1.97. The zero-order valence-corrected chi connectivity index (χ0v) is 22.5. The van der Waals surface area contributed by atoms with Gasteiger partial charge in [-0.1, -0.05) is 97.1 Å². The summed E-state index contributed by atoms with van der Waals surface area (Å²) in [4.78, 5) is 5.18. The number of benzene rings is 6. The fraction of sp³-hybridized carbons (Fsp3) is 0. The molecule has 0 atom stereocenters. The molecule has 0 radical (unpaired) electrons. The molecule has 0 amide bonds. The average molecular weight is 529 g/mol. The van der Waals surface area contributed by atoms with Crippen LogP contribution in [0.3, 0.4) is 0 Å². The van der Waals surface area contributed by atoms with Crippen molar-refractivity contribution in [2.24, 2.45) is 0 Å². The molecule has 0 aliphatic carbocycles. The molecule has 0 saturated carbocycles. The summed E-state index contributed by atoms with van der Waals surface area (Å²) in [6.07, 6.45) is 0. The van der Waals surface area contributed by atoms with E-state index in [9.17, 15) is 0 Å². The van der Waals surface area contributed by atoms with E-state index in [4.69, 9.17) is 4.98 Å². The second kappa shape index (κ2) is 9.33. The van der Waals surface area contributed by atoms with E-state index in [1.807, 2.05) is 0 Å². The van der Waals surface area contributed by atoms with E-state index < -0.39 is 0 Å². The standard InChI is InChI=1S/C37H24N2S/c1-2-8-25(9-3-1)27-16-19-31(20-17-27)39-35-13-7-6-12-34(35)38-37(39)33-24-40-36-21-18-30(23-32(33)36)29-15-14-26-10-4-5-11-28(26)22-29/h1-24H. The first-order valence-electron chi connectivity index (χ1n) is 13.5. The van der Waals surface area contributed by atoms with Crippen LogP contribution in [-0.4, -0.2) is 9.55 Å². The number of hydrogen-bond acceptors (Lipinski definition) is 2. The maximum absolute atomic E-state index is 5.18. The monoisotopic (exact) mass is 528 g/mol. The second-order valence-electron chi connectivity index (χ2n) is 10.1. The van der Waals surface area contributed by atoms with Crippen LogP contribution in [0.4, 0.5) is 0 Å². The number of fused-ring (bicyclic) bond motifs is 3. The lowest BCUT2D eigenvalue weighted by Gasteiger charge is -2.11. The third kappa shape index (κ3) is 3.83. The summed E-state index contributed by atoms with van der Waals surface area (Å²) in [7, 11) is 0. The summed E-state index contributed by atoms with van der Waals surface area (Å²) in [5.74, 6) is 0.968. The number of imidazole rings is 1. The lowest BCUT2D eigenvalue weighted by molar-refractivity contribution is 1.11. The van der Waals surface area contributed by atoms with E-state index in [1.54, 1.807) is 11.3 Å². The molecule has 6 aromatic carbocycles. The van der Waals surface area contributed by atoms with Gasteiger partial charge in [0.2, 0.25) is 0 Å². The molecule has 2 aromatic heterocycles. The highest BCUT2D eigenvalue weighted by Gasteiger charge is 2.18. The highest BCUT2D eigenvalue weighted by molar-refractivity contribution is 7.17. The average Bonchev–Trinajstić information content (AvgIpc) is 3.62. The lowest BCUT2D eigenvalue weighted by atomic mass is 9.99. The Morgan fingerprint density at radius 1 is 0.525 bits per heavy atom. The topological polar surface area (TPSA) is 17.8 Å². The van der Waals surface area contributed by atoms with Crippen molar-refractivity contribution in [3.8, 4) is 39.3 Å². The molecule has 40 heavy (non-hydrogen) atoms.